The average molecular weight is 513 g/mol. The minimum atomic E-state index is -0.567. The van der Waals surface area contributed by atoms with Crippen molar-refractivity contribution < 1.29 is 23.9 Å². The molecule has 0 saturated heterocycles. The summed E-state index contributed by atoms with van der Waals surface area (Å²) in [6.07, 6.45) is 3.77. The van der Waals surface area contributed by atoms with Crippen LogP contribution in [0.15, 0.2) is 24.3 Å². The van der Waals surface area contributed by atoms with Crippen LogP contribution in [-0.2, 0) is 27.1 Å². The van der Waals surface area contributed by atoms with Crippen molar-refractivity contribution in [3.05, 3.63) is 49.4 Å². The van der Waals surface area contributed by atoms with Crippen LogP contribution in [0.4, 0.5) is 5.00 Å². The molecule has 0 spiro atoms. The Bertz CT molecular complexity index is 891. The van der Waals surface area contributed by atoms with Gasteiger partial charge in [-0.05, 0) is 85.0 Å². The summed E-state index contributed by atoms with van der Waals surface area (Å²) in [4.78, 5) is 37.9. The third-order valence-electron chi connectivity index (χ3n) is 4.32. The number of hydrogen-bond donors (Lipinski definition) is 1. The lowest BCUT2D eigenvalue weighted by Crippen LogP contribution is -2.22. The van der Waals surface area contributed by atoms with Gasteiger partial charge in [0.2, 0.25) is 0 Å². The van der Waals surface area contributed by atoms with Gasteiger partial charge < -0.3 is 14.8 Å². The molecule has 0 bridgehead atoms. The van der Waals surface area contributed by atoms with Crippen LogP contribution in [0, 0.1) is 3.57 Å². The van der Waals surface area contributed by atoms with Crippen LogP contribution >= 0.6 is 33.9 Å². The van der Waals surface area contributed by atoms with E-state index in [1.807, 2.05) is 0 Å². The lowest BCUT2D eigenvalue weighted by atomic mass is 9.95. The third kappa shape index (κ3) is 4.91. The van der Waals surface area contributed by atoms with Crippen LogP contribution in [0.3, 0.4) is 0 Å². The van der Waals surface area contributed by atoms with Crippen LogP contribution in [0.2, 0.25) is 0 Å². The van der Waals surface area contributed by atoms with Gasteiger partial charge in [0.15, 0.2) is 6.61 Å². The first-order valence-electron chi connectivity index (χ1n) is 9.03. The number of carbonyl (C=O) groups excluding carboxylic acids is 3. The van der Waals surface area contributed by atoms with Gasteiger partial charge in [0, 0.05) is 8.45 Å². The summed E-state index contributed by atoms with van der Waals surface area (Å²) in [5.74, 6) is -1.47. The van der Waals surface area contributed by atoms with Crippen LogP contribution < -0.4 is 5.32 Å². The number of nitrogens with one attached hydrogen (secondary N) is 1. The highest BCUT2D eigenvalue weighted by molar-refractivity contribution is 14.1. The number of hydrogen-bond acceptors (Lipinski definition) is 6. The second-order valence-corrected chi connectivity index (χ2v) is 8.62. The van der Waals surface area contributed by atoms with E-state index in [2.05, 4.69) is 27.9 Å². The number of carbonyl (C=O) groups is 3. The molecular weight excluding hydrogens is 493 g/mol. The van der Waals surface area contributed by atoms with E-state index in [0.717, 1.165) is 39.7 Å². The Hall–Kier alpha value is -1.94. The largest absolute Gasteiger partial charge is 0.462 e. The molecule has 0 unspecified atom stereocenters. The van der Waals surface area contributed by atoms with Crippen molar-refractivity contribution in [2.45, 2.75) is 32.6 Å². The predicted octanol–water partition coefficient (Wildman–Crippen LogP) is 4.20. The van der Waals surface area contributed by atoms with Gasteiger partial charge in [-0.3, -0.25) is 4.79 Å². The quantitative estimate of drug-likeness (QED) is 0.463. The van der Waals surface area contributed by atoms with Crippen LogP contribution in [-0.4, -0.2) is 31.1 Å². The summed E-state index contributed by atoms with van der Waals surface area (Å²) in [6.45, 7) is 1.60. The van der Waals surface area contributed by atoms with Crippen molar-refractivity contribution in [1.29, 1.82) is 0 Å². The van der Waals surface area contributed by atoms with Crippen molar-refractivity contribution in [1.82, 2.24) is 0 Å². The Labute approximate surface area is 180 Å². The zero-order valence-corrected chi connectivity index (χ0v) is 18.4. The maximum Gasteiger partial charge on any atom is 0.341 e. The van der Waals surface area contributed by atoms with Crippen molar-refractivity contribution in [3.63, 3.8) is 0 Å². The highest BCUT2D eigenvalue weighted by Crippen LogP contribution is 2.38. The lowest BCUT2D eigenvalue weighted by molar-refractivity contribution is -0.119. The van der Waals surface area contributed by atoms with Gasteiger partial charge in [-0.1, -0.05) is 0 Å². The number of fused-ring (bicyclic) bond motifs is 1. The van der Waals surface area contributed by atoms with E-state index in [-0.39, 0.29) is 6.61 Å². The highest BCUT2D eigenvalue weighted by Gasteiger charge is 2.27. The normalized spacial score (nSPS) is 12.8. The number of thiophene rings is 1. The molecular formula is C20H20INO5S. The Morgan fingerprint density at radius 3 is 2.50 bits per heavy atom. The van der Waals surface area contributed by atoms with Gasteiger partial charge in [0.1, 0.15) is 5.00 Å². The van der Waals surface area contributed by atoms with Gasteiger partial charge >= 0.3 is 11.9 Å². The molecule has 1 aliphatic carbocycles. The van der Waals surface area contributed by atoms with Crippen molar-refractivity contribution in [2.24, 2.45) is 0 Å². The molecule has 148 valence electrons. The summed E-state index contributed by atoms with van der Waals surface area (Å²) in [6, 6.07) is 6.88. The maximum atomic E-state index is 12.4. The lowest BCUT2D eigenvalue weighted by Gasteiger charge is -2.12. The van der Waals surface area contributed by atoms with Crippen LogP contribution in [0.25, 0.3) is 0 Å². The third-order valence-corrected chi connectivity index (χ3v) is 6.24. The van der Waals surface area contributed by atoms with Crippen LogP contribution in [0.5, 0.6) is 0 Å². The molecule has 1 amide bonds. The van der Waals surface area contributed by atoms with E-state index in [1.165, 1.54) is 11.3 Å². The number of aryl methyl sites for hydroxylation is 1. The molecule has 1 N–H and O–H groups in total. The topological polar surface area (TPSA) is 81.7 Å². The Balaban J connectivity index is 1.68. The fraction of sp³-hybridized carbons (Fsp3) is 0.350. The molecule has 0 radical (unpaired) electrons. The number of anilines is 1. The van der Waals surface area contributed by atoms with E-state index in [9.17, 15) is 14.4 Å². The Morgan fingerprint density at radius 2 is 1.79 bits per heavy atom. The zero-order valence-electron chi connectivity index (χ0n) is 15.4. The molecule has 1 aliphatic rings. The van der Waals surface area contributed by atoms with Crippen molar-refractivity contribution >= 4 is 56.8 Å². The van der Waals surface area contributed by atoms with Gasteiger partial charge in [-0.2, -0.15) is 0 Å². The van der Waals surface area contributed by atoms with Crippen molar-refractivity contribution in [2.75, 3.05) is 18.5 Å². The molecule has 8 heteroatoms. The molecule has 0 atom stereocenters. The van der Waals surface area contributed by atoms with E-state index in [4.69, 9.17) is 9.47 Å². The molecule has 0 aliphatic heterocycles. The number of benzene rings is 1. The van der Waals surface area contributed by atoms with Crippen LogP contribution in [0.1, 0.15) is 50.9 Å². The SMILES string of the molecule is CCOC(=O)c1c(NC(=O)COC(=O)c2ccc(I)cc2)sc2c1CCCC2. The summed E-state index contributed by atoms with van der Waals surface area (Å²) in [7, 11) is 0. The number of rotatable bonds is 6. The summed E-state index contributed by atoms with van der Waals surface area (Å²) >= 11 is 3.54. The first-order valence-corrected chi connectivity index (χ1v) is 10.9. The van der Waals surface area contributed by atoms with Gasteiger partial charge in [0.25, 0.3) is 5.91 Å². The smallest absolute Gasteiger partial charge is 0.341 e. The minimum absolute atomic E-state index is 0.268. The first kappa shape index (κ1) is 20.8. The van der Waals surface area contributed by atoms with E-state index in [0.29, 0.717) is 16.1 Å². The van der Waals surface area contributed by atoms with Gasteiger partial charge in [0.05, 0.1) is 17.7 Å². The predicted molar refractivity (Wildman–Crippen MR) is 115 cm³/mol. The maximum absolute atomic E-state index is 12.4. The zero-order chi connectivity index (χ0) is 20.1. The molecule has 3 rings (SSSR count). The first-order chi connectivity index (χ1) is 13.5. The second-order valence-electron chi connectivity index (χ2n) is 6.27. The molecule has 6 nitrogen and oxygen atoms in total. The van der Waals surface area contributed by atoms with E-state index >= 15 is 0 Å². The highest BCUT2D eigenvalue weighted by atomic mass is 127. The molecule has 0 saturated carbocycles. The van der Waals surface area contributed by atoms with Crippen molar-refractivity contribution in [3.8, 4) is 0 Å². The number of esters is 2. The molecule has 1 aromatic heterocycles. The molecule has 1 aromatic carbocycles. The number of ether oxygens (including phenoxy) is 2. The fourth-order valence-electron chi connectivity index (χ4n) is 3.04. The Kier molecular flexibility index (Phi) is 7.06. The van der Waals surface area contributed by atoms with E-state index < -0.39 is 24.5 Å². The molecule has 2 aromatic rings. The standard InChI is InChI=1S/C20H20INO5S/c1-2-26-20(25)17-14-5-3-4-6-15(14)28-18(17)22-16(23)11-27-19(24)12-7-9-13(21)10-8-12/h7-10H,2-6,11H2,1H3,(H,22,23). The molecule has 28 heavy (non-hydrogen) atoms. The van der Waals surface area contributed by atoms with E-state index in [1.54, 1.807) is 31.2 Å². The minimum Gasteiger partial charge on any atom is -0.462 e. The van der Waals surface area contributed by atoms with Gasteiger partial charge in [-0.25, -0.2) is 9.59 Å². The fourth-order valence-corrected chi connectivity index (χ4v) is 4.69. The monoisotopic (exact) mass is 513 g/mol. The molecule has 0 fully saturated rings. The average Bonchev–Trinajstić information content (AvgIpc) is 3.04. The van der Waals surface area contributed by atoms with Gasteiger partial charge in [-0.15, -0.1) is 11.3 Å². The Morgan fingerprint density at radius 1 is 1.07 bits per heavy atom. The summed E-state index contributed by atoms with van der Waals surface area (Å²) in [5, 5.41) is 3.20. The molecule has 1 heterocycles. The number of halogens is 1. The number of amides is 1. The summed E-state index contributed by atoms with van der Waals surface area (Å²) < 4.78 is 11.3. The second kappa shape index (κ2) is 9.51. The summed E-state index contributed by atoms with van der Waals surface area (Å²) in [5.41, 5.74) is 1.80.